The van der Waals surface area contributed by atoms with Gasteiger partial charge in [-0.3, -0.25) is 4.79 Å². The maximum absolute atomic E-state index is 12.6. The monoisotopic (exact) mass is 358 g/mol. The second kappa shape index (κ2) is 7.99. The van der Waals surface area contributed by atoms with Crippen LogP contribution in [0.1, 0.15) is 57.6 Å². The summed E-state index contributed by atoms with van der Waals surface area (Å²) in [5.74, 6) is 1.94. The van der Waals surface area contributed by atoms with E-state index in [1.54, 1.807) is 0 Å². The first-order valence-corrected chi connectivity index (χ1v) is 10.1. The smallest absolute Gasteiger partial charge is 0.223 e. The van der Waals surface area contributed by atoms with Gasteiger partial charge in [-0.1, -0.05) is 26.0 Å². The van der Waals surface area contributed by atoms with Gasteiger partial charge < -0.3 is 15.4 Å². The fourth-order valence-corrected chi connectivity index (χ4v) is 4.35. The Bertz CT molecular complexity index is 635. The molecule has 1 aromatic rings. The van der Waals surface area contributed by atoms with Crippen LogP contribution in [-0.4, -0.2) is 25.1 Å². The maximum Gasteiger partial charge on any atom is 0.223 e. The van der Waals surface area contributed by atoms with Crippen molar-refractivity contribution in [3.8, 4) is 5.75 Å². The number of amides is 1. The highest BCUT2D eigenvalue weighted by Gasteiger charge is 2.57. The molecule has 2 aliphatic rings. The molecule has 1 saturated heterocycles. The summed E-state index contributed by atoms with van der Waals surface area (Å²) in [6, 6.07) is 6.26. The molecule has 144 valence electrons. The van der Waals surface area contributed by atoms with E-state index in [1.165, 1.54) is 5.56 Å². The second-order valence-electron chi connectivity index (χ2n) is 8.76. The number of piperidine rings is 1. The van der Waals surface area contributed by atoms with Gasteiger partial charge in [0.15, 0.2) is 0 Å². The van der Waals surface area contributed by atoms with Gasteiger partial charge in [-0.05, 0) is 75.6 Å². The van der Waals surface area contributed by atoms with Crippen molar-refractivity contribution in [2.75, 3.05) is 13.1 Å². The third kappa shape index (κ3) is 4.59. The van der Waals surface area contributed by atoms with E-state index in [2.05, 4.69) is 56.5 Å². The SMILES string of the molecule is Cc1ccc(CNC(=O)C2CC23CCNCC3)c(OC(C)CC(C)C)c1. The number of hydrogen-bond acceptors (Lipinski definition) is 3. The summed E-state index contributed by atoms with van der Waals surface area (Å²) in [6.45, 7) is 11.3. The fourth-order valence-electron chi connectivity index (χ4n) is 4.35. The lowest BCUT2D eigenvalue weighted by atomic mass is 9.92. The van der Waals surface area contributed by atoms with Crippen molar-refractivity contribution in [1.29, 1.82) is 0 Å². The standard InChI is InChI=1S/C22H34N2O2/c1-15(2)11-17(4)26-20-12-16(3)5-6-18(20)14-24-21(25)19-13-22(19)7-9-23-10-8-22/h5-6,12,15,17,19,23H,7-11,13-14H2,1-4H3,(H,24,25). The molecular formula is C22H34N2O2. The van der Waals surface area contributed by atoms with E-state index < -0.39 is 0 Å². The summed E-state index contributed by atoms with van der Waals surface area (Å²) in [4.78, 5) is 12.6. The first-order chi connectivity index (χ1) is 12.4. The Morgan fingerprint density at radius 1 is 1.31 bits per heavy atom. The number of carbonyl (C=O) groups is 1. The van der Waals surface area contributed by atoms with Crippen molar-refractivity contribution in [1.82, 2.24) is 10.6 Å². The van der Waals surface area contributed by atoms with E-state index in [9.17, 15) is 4.79 Å². The highest BCUT2D eigenvalue weighted by atomic mass is 16.5. The minimum absolute atomic E-state index is 0.174. The Hall–Kier alpha value is -1.55. The van der Waals surface area contributed by atoms with Gasteiger partial charge in [0, 0.05) is 18.0 Å². The molecule has 4 nitrogen and oxygen atoms in total. The molecule has 4 heteroatoms. The zero-order valence-corrected chi connectivity index (χ0v) is 16.7. The van der Waals surface area contributed by atoms with Crippen LogP contribution in [0.2, 0.25) is 0 Å². The van der Waals surface area contributed by atoms with Crippen LogP contribution in [0.3, 0.4) is 0 Å². The van der Waals surface area contributed by atoms with Crippen molar-refractivity contribution in [3.63, 3.8) is 0 Å². The predicted molar refractivity (Wildman–Crippen MR) is 105 cm³/mol. The number of ether oxygens (including phenoxy) is 1. The summed E-state index contributed by atoms with van der Waals surface area (Å²) in [5, 5.41) is 6.56. The molecule has 2 fully saturated rings. The zero-order chi connectivity index (χ0) is 18.7. The molecule has 0 radical (unpaired) electrons. The molecule has 1 spiro atoms. The number of benzene rings is 1. The molecular weight excluding hydrogens is 324 g/mol. The van der Waals surface area contributed by atoms with E-state index >= 15 is 0 Å². The lowest BCUT2D eigenvalue weighted by molar-refractivity contribution is -0.123. The topological polar surface area (TPSA) is 50.4 Å². The van der Waals surface area contributed by atoms with E-state index in [0.29, 0.717) is 12.5 Å². The van der Waals surface area contributed by atoms with Crippen LogP contribution in [0.5, 0.6) is 5.75 Å². The molecule has 3 rings (SSSR count). The van der Waals surface area contributed by atoms with E-state index in [4.69, 9.17) is 4.74 Å². The summed E-state index contributed by atoms with van der Waals surface area (Å²) < 4.78 is 6.20. The lowest BCUT2D eigenvalue weighted by Gasteiger charge is -2.23. The Kier molecular flexibility index (Phi) is 5.91. The Balaban J connectivity index is 1.58. The summed E-state index contributed by atoms with van der Waals surface area (Å²) in [6.07, 6.45) is 4.53. The van der Waals surface area contributed by atoms with Gasteiger partial charge in [0.05, 0.1) is 6.10 Å². The average molecular weight is 359 g/mol. The lowest BCUT2D eigenvalue weighted by Crippen LogP contribution is -2.33. The number of aryl methyl sites for hydroxylation is 1. The molecule has 1 aliphatic carbocycles. The summed E-state index contributed by atoms with van der Waals surface area (Å²) >= 11 is 0. The molecule has 0 aromatic heterocycles. The molecule has 1 amide bonds. The molecule has 26 heavy (non-hydrogen) atoms. The van der Waals surface area contributed by atoms with Crippen molar-refractivity contribution in [2.24, 2.45) is 17.3 Å². The predicted octanol–water partition coefficient (Wildman–Crippen LogP) is 3.81. The number of carbonyl (C=O) groups excluding carboxylic acids is 1. The van der Waals surface area contributed by atoms with Crippen LogP contribution in [-0.2, 0) is 11.3 Å². The van der Waals surface area contributed by atoms with Crippen LogP contribution in [0.4, 0.5) is 0 Å². The number of hydrogen-bond donors (Lipinski definition) is 2. The van der Waals surface area contributed by atoms with Crippen LogP contribution in [0.15, 0.2) is 18.2 Å². The molecule has 1 heterocycles. The van der Waals surface area contributed by atoms with Crippen LogP contribution >= 0.6 is 0 Å². The molecule has 1 aromatic carbocycles. The molecule has 0 bridgehead atoms. The second-order valence-corrected chi connectivity index (χ2v) is 8.76. The maximum atomic E-state index is 12.6. The molecule has 2 N–H and O–H groups in total. The molecule has 1 saturated carbocycles. The zero-order valence-electron chi connectivity index (χ0n) is 16.7. The minimum Gasteiger partial charge on any atom is -0.490 e. The average Bonchev–Trinajstić information content (AvgIpc) is 3.27. The van der Waals surface area contributed by atoms with Gasteiger partial charge >= 0.3 is 0 Å². The van der Waals surface area contributed by atoms with E-state index in [1.807, 2.05) is 0 Å². The largest absolute Gasteiger partial charge is 0.490 e. The third-order valence-electron chi connectivity index (χ3n) is 5.91. The van der Waals surface area contributed by atoms with Gasteiger partial charge in [0.2, 0.25) is 5.91 Å². The van der Waals surface area contributed by atoms with Crippen LogP contribution in [0, 0.1) is 24.2 Å². The highest BCUT2D eigenvalue weighted by Crippen LogP contribution is 2.58. The summed E-state index contributed by atoms with van der Waals surface area (Å²) in [5.41, 5.74) is 2.54. The van der Waals surface area contributed by atoms with Gasteiger partial charge in [-0.2, -0.15) is 0 Å². The normalized spacial score (nSPS) is 22.3. The summed E-state index contributed by atoms with van der Waals surface area (Å²) in [7, 11) is 0. The molecule has 2 unspecified atom stereocenters. The van der Waals surface area contributed by atoms with Gasteiger partial charge in [0.1, 0.15) is 5.75 Å². The first kappa shape index (κ1) is 19.2. The first-order valence-electron chi connectivity index (χ1n) is 10.1. The van der Waals surface area contributed by atoms with Gasteiger partial charge in [0.25, 0.3) is 0 Å². The van der Waals surface area contributed by atoms with Crippen molar-refractivity contribution >= 4 is 5.91 Å². The van der Waals surface area contributed by atoms with Gasteiger partial charge in [-0.25, -0.2) is 0 Å². The highest BCUT2D eigenvalue weighted by molar-refractivity contribution is 5.82. The Morgan fingerprint density at radius 2 is 2.04 bits per heavy atom. The van der Waals surface area contributed by atoms with Crippen molar-refractivity contribution < 1.29 is 9.53 Å². The Morgan fingerprint density at radius 3 is 2.73 bits per heavy atom. The van der Waals surface area contributed by atoms with Crippen LogP contribution in [0.25, 0.3) is 0 Å². The molecule has 1 aliphatic heterocycles. The minimum atomic E-state index is 0.174. The number of rotatable bonds is 7. The molecule has 2 atom stereocenters. The quantitative estimate of drug-likeness (QED) is 0.779. The Labute approximate surface area is 158 Å². The third-order valence-corrected chi connectivity index (χ3v) is 5.91. The fraction of sp³-hybridized carbons (Fsp3) is 0.682. The van der Waals surface area contributed by atoms with Crippen LogP contribution < -0.4 is 15.4 Å². The number of nitrogens with one attached hydrogen (secondary N) is 2. The van der Waals surface area contributed by atoms with Crippen molar-refractivity contribution in [3.05, 3.63) is 29.3 Å². The van der Waals surface area contributed by atoms with E-state index in [-0.39, 0.29) is 23.3 Å². The van der Waals surface area contributed by atoms with E-state index in [0.717, 1.165) is 50.1 Å². The van der Waals surface area contributed by atoms with Gasteiger partial charge in [-0.15, -0.1) is 0 Å². The van der Waals surface area contributed by atoms with Crippen molar-refractivity contribution in [2.45, 2.75) is 66.0 Å².